The Morgan fingerprint density at radius 1 is 1.26 bits per heavy atom. The number of aliphatic hydroxyl groups is 1. The lowest BCUT2D eigenvalue weighted by Crippen LogP contribution is -2.62. The molecule has 27 heavy (non-hydrogen) atoms. The van der Waals surface area contributed by atoms with E-state index in [2.05, 4.69) is 26.6 Å². The molecule has 1 aliphatic heterocycles. The number of para-hydroxylation sites is 1. The predicted molar refractivity (Wildman–Crippen MR) is 108 cm³/mol. The van der Waals surface area contributed by atoms with Gasteiger partial charge in [-0.15, -0.1) is 0 Å². The quantitative estimate of drug-likeness (QED) is 0.676. The lowest BCUT2D eigenvalue weighted by Gasteiger charge is -2.42. The smallest absolute Gasteiger partial charge is 0.329 e. The van der Waals surface area contributed by atoms with Crippen LogP contribution in [0.1, 0.15) is 5.56 Å². The number of hydrogen-bond donors (Lipinski definition) is 3. The van der Waals surface area contributed by atoms with E-state index in [0.29, 0.717) is 34.5 Å². The number of carbonyl (C=O) groups is 2. The van der Waals surface area contributed by atoms with Crippen LogP contribution in [0.15, 0.2) is 53.0 Å². The van der Waals surface area contributed by atoms with Crippen LogP contribution < -0.4 is 15.5 Å². The highest BCUT2D eigenvalue weighted by atomic mass is 79.9. The molecule has 142 valence electrons. The van der Waals surface area contributed by atoms with Gasteiger partial charge in [0.2, 0.25) is 0 Å². The molecule has 0 saturated heterocycles. The van der Waals surface area contributed by atoms with E-state index >= 15 is 0 Å². The number of benzene rings is 2. The van der Waals surface area contributed by atoms with E-state index in [4.69, 9.17) is 0 Å². The van der Waals surface area contributed by atoms with Gasteiger partial charge in [0.05, 0.1) is 5.69 Å². The molecular formula is C19H21BrN4O3. The van der Waals surface area contributed by atoms with E-state index in [1.165, 1.54) is 0 Å². The zero-order valence-corrected chi connectivity index (χ0v) is 16.7. The fourth-order valence-electron chi connectivity index (χ4n) is 2.97. The summed E-state index contributed by atoms with van der Waals surface area (Å²) in [6.07, 6.45) is 0. The topological polar surface area (TPSA) is 84.9 Å². The molecule has 1 atom stereocenters. The van der Waals surface area contributed by atoms with Crippen molar-refractivity contribution in [2.45, 2.75) is 5.72 Å². The number of nitrogens with zero attached hydrogens (tertiary/aromatic N) is 2. The Morgan fingerprint density at radius 3 is 2.63 bits per heavy atom. The number of fused-ring (bicyclic) bond motifs is 1. The number of urea groups is 1. The number of anilines is 2. The van der Waals surface area contributed by atoms with Crippen molar-refractivity contribution in [2.75, 3.05) is 37.4 Å². The van der Waals surface area contributed by atoms with Crippen molar-refractivity contribution in [2.24, 2.45) is 0 Å². The van der Waals surface area contributed by atoms with Gasteiger partial charge in [-0.3, -0.25) is 9.69 Å². The Hall–Kier alpha value is -2.42. The fraction of sp³-hybridized carbons (Fsp3) is 0.263. The van der Waals surface area contributed by atoms with E-state index in [1.54, 1.807) is 48.5 Å². The van der Waals surface area contributed by atoms with Crippen molar-refractivity contribution in [1.29, 1.82) is 0 Å². The molecule has 0 bridgehead atoms. The van der Waals surface area contributed by atoms with Crippen LogP contribution in [0, 0.1) is 0 Å². The van der Waals surface area contributed by atoms with Crippen molar-refractivity contribution in [3.63, 3.8) is 0 Å². The molecule has 1 aliphatic rings. The van der Waals surface area contributed by atoms with Gasteiger partial charge in [0.25, 0.3) is 11.6 Å². The molecule has 2 aromatic carbocycles. The van der Waals surface area contributed by atoms with Crippen molar-refractivity contribution < 1.29 is 14.7 Å². The first-order valence-electron chi connectivity index (χ1n) is 8.45. The maximum absolute atomic E-state index is 13.1. The average molecular weight is 433 g/mol. The summed E-state index contributed by atoms with van der Waals surface area (Å²) in [5.74, 6) is -0.664. The Bertz CT molecular complexity index is 859. The van der Waals surface area contributed by atoms with Gasteiger partial charge >= 0.3 is 6.03 Å². The lowest BCUT2D eigenvalue weighted by atomic mass is 9.95. The summed E-state index contributed by atoms with van der Waals surface area (Å²) >= 11 is 3.37. The van der Waals surface area contributed by atoms with Gasteiger partial charge in [-0.05, 0) is 44.4 Å². The van der Waals surface area contributed by atoms with Gasteiger partial charge in [-0.1, -0.05) is 34.1 Å². The number of hydrogen-bond acceptors (Lipinski definition) is 4. The van der Waals surface area contributed by atoms with Gasteiger partial charge in [-0.2, -0.15) is 0 Å². The van der Waals surface area contributed by atoms with Gasteiger partial charge in [0.15, 0.2) is 0 Å². The highest BCUT2D eigenvalue weighted by Crippen LogP contribution is 2.40. The first-order chi connectivity index (χ1) is 12.8. The van der Waals surface area contributed by atoms with E-state index in [0.717, 1.165) is 4.90 Å². The van der Waals surface area contributed by atoms with E-state index in [9.17, 15) is 14.7 Å². The number of likely N-dealkylation sites (N-methyl/N-ethyl adjacent to an activating group) is 1. The molecule has 3 N–H and O–H groups in total. The Labute approximate surface area is 166 Å². The first-order valence-corrected chi connectivity index (χ1v) is 9.25. The van der Waals surface area contributed by atoms with Crippen LogP contribution in [-0.2, 0) is 10.5 Å². The molecule has 7 nitrogen and oxygen atoms in total. The van der Waals surface area contributed by atoms with Crippen LogP contribution >= 0.6 is 15.9 Å². The minimum absolute atomic E-state index is 0.294. The molecule has 0 fully saturated rings. The Balaban J connectivity index is 2.09. The second-order valence-electron chi connectivity index (χ2n) is 6.52. The van der Waals surface area contributed by atoms with Gasteiger partial charge in [0.1, 0.15) is 0 Å². The van der Waals surface area contributed by atoms with Crippen LogP contribution in [0.4, 0.5) is 16.2 Å². The third-order valence-electron chi connectivity index (χ3n) is 4.30. The highest BCUT2D eigenvalue weighted by Gasteiger charge is 2.52. The molecule has 0 saturated carbocycles. The molecule has 0 aliphatic carbocycles. The molecule has 3 rings (SSSR count). The van der Waals surface area contributed by atoms with Crippen LogP contribution in [0.2, 0.25) is 0 Å². The SMILES string of the molecule is CN(C)CCNC(=O)C1(O)c2cc(Br)ccc2NC(=O)N1c1ccccc1. The van der Waals surface area contributed by atoms with Crippen LogP contribution in [0.3, 0.4) is 0 Å². The Kier molecular flexibility index (Phi) is 5.50. The summed E-state index contributed by atoms with van der Waals surface area (Å²) in [4.78, 5) is 28.9. The minimum Gasteiger partial charge on any atom is -0.359 e. The molecule has 8 heteroatoms. The molecule has 0 spiro atoms. The van der Waals surface area contributed by atoms with E-state index < -0.39 is 17.7 Å². The minimum atomic E-state index is -2.19. The van der Waals surface area contributed by atoms with Gasteiger partial charge in [-0.25, -0.2) is 4.79 Å². The number of amides is 3. The van der Waals surface area contributed by atoms with Crippen LogP contribution in [0.25, 0.3) is 0 Å². The van der Waals surface area contributed by atoms with Crippen LogP contribution in [0.5, 0.6) is 0 Å². The largest absolute Gasteiger partial charge is 0.359 e. The molecule has 1 heterocycles. The van der Waals surface area contributed by atoms with Crippen molar-refractivity contribution in [3.05, 3.63) is 58.6 Å². The fourth-order valence-corrected chi connectivity index (χ4v) is 3.33. The summed E-state index contributed by atoms with van der Waals surface area (Å²) < 4.78 is 0.685. The predicted octanol–water partition coefficient (Wildman–Crippen LogP) is 2.32. The maximum atomic E-state index is 13.1. The number of halogens is 1. The zero-order valence-electron chi connectivity index (χ0n) is 15.1. The maximum Gasteiger partial charge on any atom is 0.329 e. The number of carbonyl (C=O) groups excluding carboxylic acids is 2. The number of rotatable bonds is 5. The molecular weight excluding hydrogens is 412 g/mol. The normalized spacial score (nSPS) is 18.9. The molecule has 2 aromatic rings. The highest BCUT2D eigenvalue weighted by molar-refractivity contribution is 9.10. The van der Waals surface area contributed by atoms with E-state index in [1.807, 2.05) is 19.0 Å². The van der Waals surface area contributed by atoms with Crippen molar-refractivity contribution in [1.82, 2.24) is 10.2 Å². The second kappa shape index (κ2) is 7.67. The van der Waals surface area contributed by atoms with Gasteiger partial charge < -0.3 is 20.6 Å². The standard InChI is InChI=1S/C19H21BrN4O3/c1-23(2)11-10-21-17(25)19(27)15-12-13(20)8-9-16(15)22-18(26)24(19)14-6-4-3-5-7-14/h3-9,12,27H,10-11H2,1-2H3,(H,21,25)(H,22,26). The summed E-state index contributed by atoms with van der Waals surface area (Å²) in [5, 5.41) is 17.1. The monoisotopic (exact) mass is 432 g/mol. The average Bonchev–Trinajstić information content (AvgIpc) is 2.63. The molecule has 0 radical (unpaired) electrons. The summed E-state index contributed by atoms with van der Waals surface area (Å²) in [5.41, 5.74) is -1.09. The zero-order chi connectivity index (χ0) is 19.6. The molecule has 1 unspecified atom stereocenters. The van der Waals surface area contributed by atoms with Crippen molar-refractivity contribution >= 4 is 39.2 Å². The molecule has 0 aromatic heterocycles. The van der Waals surface area contributed by atoms with E-state index in [-0.39, 0.29) is 0 Å². The van der Waals surface area contributed by atoms with Crippen molar-refractivity contribution in [3.8, 4) is 0 Å². The summed E-state index contributed by atoms with van der Waals surface area (Å²) in [6.45, 7) is 0.937. The van der Waals surface area contributed by atoms with Gasteiger partial charge in [0, 0.05) is 28.8 Å². The summed E-state index contributed by atoms with van der Waals surface area (Å²) in [6, 6.07) is 13.1. The lowest BCUT2D eigenvalue weighted by molar-refractivity contribution is -0.140. The molecule has 3 amide bonds. The first kappa shape index (κ1) is 19.3. The second-order valence-corrected chi connectivity index (χ2v) is 7.44. The Morgan fingerprint density at radius 2 is 1.96 bits per heavy atom. The van der Waals surface area contributed by atoms with Crippen LogP contribution in [-0.4, -0.2) is 49.1 Å². The third kappa shape index (κ3) is 3.69. The third-order valence-corrected chi connectivity index (χ3v) is 4.79. The summed E-state index contributed by atoms with van der Waals surface area (Å²) in [7, 11) is 3.77. The number of nitrogens with one attached hydrogen (secondary N) is 2.